The van der Waals surface area contributed by atoms with Crippen LogP contribution in [0, 0.1) is 6.92 Å². The van der Waals surface area contributed by atoms with Crippen molar-refractivity contribution in [2.75, 3.05) is 11.5 Å². The maximum atomic E-state index is 13.7. The largest absolute Gasteiger partial charge is 0.490 e. The van der Waals surface area contributed by atoms with Crippen LogP contribution in [0.15, 0.2) is 65.2 Å². The molecule has 0 aliphatic heterocycles. The van der Waals surface area contributed by atoms with E-state index in [0.717, 1.165) is 26.9 Å². The first-order valence-electron chi connectivity index (χ1n) is 10.5. The van der Waals surface area contributed by atoms with Gasteiger partial charge in [-0.05, 0) is 49.7 Å². The third kappa shape index (κ3) is 4.05. The first kappa shape index (κ1) is 21.4. The van der Waals surface area contributed by atoms with Crippen LogP contribution in [-0.4, -0.2) is 22.5 Å². The summed E-state index contributed by atoms with van der Waals surface area (Å²) in [6.45, 7) is 4.62. The van der Waals surface area contributed by atoms with Gasteiger partial charge in [-0.2, -0.15) is 0 Å². The number of amides is 1. The molecule has 0 bridgehead atoms. The van der Waals surface area contributed by atoms with Crippen molar-refractivity contribution in [2.24, 2.45) is 0 Å². The van der Waals surface area contributed by atoms with Crippen molar-refractivity contribution in [2.45, 2.75) is 20.4 Å². The minimum absolute atomic E-state index is 0.204. The molecule has 0 saturated heterocycles. The summed E-state index contributed by atoms with van der Waals surface area (Å²) in [4.78, 5) is 24.5. The van der Waals surface area contributed by atoms with Gasteiger partial charge in [0, 0.05) is 11.6 Å². The van der Waals surface area contributed by atoms with E-state index >= 15 is 0 Å². The highest BCUT2D eigenvalue weighted by Gasteiger charge is 2.26. The van der Waals surface area contributed by atoms with Gasteiger partial charge < -0.3 is 9.15 Å². The fourth-order valence-electron chi connectivity index (χ4n) is 3.63. The van der Waals surface area contributed by atoms with E-state index in [1.54, 1.807) is 17.2 Å². The van der Waals surface area contributed by atoms with Gasteiger partial charge in [-0.25, -0.2) is 4.98 Å². The molecule has 5 rings (SSSR count). The number of carbonyl (C=O) groups is 1. The number of hydrogen-bond donors (Lipinski definition) is 0. The van der Waals surface area contributed by atoms with Gasteiger partial charge in [-0.3, -0.25) is 14.7 Å². The van der Waals surface area contributed by atoms with E-state index in [0.29, 0.717) is 28.1 Å². The van der Waals surface area contributed by atoms with Crippen LogP contribution in [-0.2, 0) is 6.54 Å². The van der Waals surface area contributed by atoms with Gasteiger partial charge in [0.25, 0.3) is 5.91 Å². The minimum Gasteiger partial charge on any atom is -0.490 e. The Bertz CT molecular complexity index is 1420. The van der Waals surface area contributed by atoms with E-state index in [1.807, 2.05) is 62.4 Å². The number of aryl methyl sites for hydroxylation is 1. The molecule has 3 aromatic heterocycles. The summed E-state index contributed by atoms with van der Waals surface area (Å²) in [5, 5.41) is 1.93. The van der Waals surface area contributed by atoms with E-state index < -0.39 is 0 Å². The second kappa shape index (κ2) is 8.84. The van der Waals surface area contributed by atoms with Crippen molar-refractivity contribution in [3.05, 3.63) is 82.8 Å². The van der Waals surface area contributed by atoms with Crippen LogP contribution in [0.1, 0.15) is 28.7 Å². The van der Waals surface area contributed by atoms with Gasteiger partial charge in [0.2, 0.25) is 0 Å². The van der Waals surface area contributed by atoms with Crippen molar-refractivity contribution >= 4 is 55.2 Å². The molecule has 1 amide bonds. The summed E-state index contributed by atoms with van der Waals surface area (Å²) in [5.41, 5.74) is 3.06. The Morgan fingerprint density at radius 3 is 2.82 bits per heavy atom. The van der Waals surface area contributed by atoms with E-state index in [1.165, 1.54) is 11.3 Å². The van der Waals surface area contributed by atoms with Crippen molar-refractivity contribution < 1.29 is 13.9 Å². The van der Waals surface area contributed by atoms with Crippen LogP contribution in [0.3, 0.4) is 0 Å². The second-order valence-electron chi connectivity index (χ2n) is 7.47. The van der Waals surface area contributed by atoms with Crippen molar-refractivity contribution in [3.8, 4) is 5.75 Å². The lowest BCUT2D eigenvalue weighted by Crippen LogP contribution is -2.30. The Hall–Kier alpha value is -3.42. The average molecular weight is 478 g/mol. The molecule has 33 heavy (non-hydrogen) atoms. The molecular weight excluding hydrogens is 458 g/mol. The standard InChI is InChI=1S/C25H20ClN3O3S/c1-3-31-19-9-6-7-16-13-20(32-22(16)19)24(30)29(14-17-8-4-5-12-27-17)25-28-21-15(2)10-11-18(26)23(21)33-25/h4-13H,3,14H2,1-2H3. The molecule has 166 valence electrons. The molecule has 0 aliphatic rings. The Morgan fingerprint density at radius 1 is 1.18 bits per heavy atom. The Balaban J connectivity index is 1.61. The number of carbonyl (C=O) groups excluding carboxylic acids is 1. The molecule has 6 nitrogen and oxygen atoms in total. The summed E-state index contributed by atoms with van der Waals surface area (Å²) in [6.07, 6.45) is 1.70. The molecule has 2 aromatic carbocycles. The molecule has 0 N–H and O–H groups in total. The number of aromatic nitrogens is 2. The molecular formula is C25H20ClN3O3S. The van der Waals surface area contributed by atoms with Crippen LogP contribution in [0.5, 0.6) is 5.75 Å². The summed E-state index contributed by atoms with van der Waals surface area (Å²) < 4.78 is 12.5. The number of rotatable bonds is 6. The van der Waals surface area contributed by atoms with Gasteiger partial charge >= 0.3 is 0 Å². The lowest BCUT2D eigenvalue weighted by molar-refractivity contribution is 0.0960. The van der Waals surface area contributed by atoms with Crippen molar-refractivity contribution in [1.82, 2.24) is 9.97 Å². The number of thiazole rings is 1. The van der Waals surface area contributed by atoms with Crippen LogP contribution < -0.4 is 9.64 Å². The van der Waals surface area contributed by atoms with E-state index in [4.69, 9.17) is 25.7 Å². The zero-order chi connectivity index (χ0) is 22.9. The molecule has 0 fully saturated rings. The van der Waals surface area contributed by atoms with Crippen LogP contribution >= 0.6 is 22.9 Å². The molecule has 8 heteroatoms. The molecule has 0 atom stereocenters. The number of furan rings is 1. The highest BCUT2D eigenvalue weighted by atomic mass is 35.5. The first-order valence-corrected chi connectivity index (χ1v) is 11.7. The fourth-order valence-corrected chi connectivity index (χ4v) is 4.94. The highest BCUT2D eigenvalue weighted by Crippen LogP contribution is 2.37. The number of nitrogens with zero attached hydrogens (tertiary/aromatic N) is 3. The third-order valence-electron chi connectivity index (χ3n) is 5.23. The topological polar surface area (TPSA) is 68.5 Å². The maximum Gasteiger partial charge on any atom is 0.296 e. The number of anilines is 1. The molecule has 0 saturated carbocycles. The van der Waals surface area contributed by atoms with E-state index in [-0.39, 0.29) is 18.2 Å². The first-order chi connectivity index (χ1) is 16.0. The molecule has 0 spiro atoms. The summed E-state index contributed by atoms with van der Waals surface area (Å²) in [7, 11) is 0. The number of benzene rings is 2. The number of fused-ring (bicyclic) bond motifs is 2. The van der Waals surface area contributed by atoms with E-state index in [2.05, 4.69) is 4.98 Å². The van der Waals surface area contributed by atoms with Crippen LogP contribution in [0.2, 0.25) is 5.02 Å². The Morgan fingerprint density at radius 2 is 2.06 bits per heavy atom. The molecule has 3 heterocycles. The van der Waals surface area contributed by atoms with Gasteiger partial charge in [-0.1, -0.05) is 47.2 Å². The maximum absolute atomic E-state index is 13.7. The highest BCUT2D eigenvalue weighted by molar-refractivity contribution is 7.23. The molecule has 0 aliphatic carbocycles. The van der Waals surface area contributed by atoms with Gasteiger partial charge in [0.1, 0.15) is 0 Å². The van der Waals surface area contributed by atoms with Gasteiger partial charge in [0.05, 0.1) is 34.1 Å². The summed E-state index contributed by atoms with van der Waals surface area (Å²) >= 11 is 7.80. The predicted molar refractivity (Wildman–Crippen MR) is 132 cm³/mol. The lowest BCUT2D eigenvalue weighted by atomic mass is 10.2. The number of hydrogen-bond acceptors (Lipinski definition) is 6. The van der Waals surface area contributed by atoms with Gasteiger partial charge in [0.15, 0.2) is 22.2 Å². The fraction of sp³-hybridized carbons (Fsp3) is 0.160. The Labute approximate surface area is 199 Å². The average Bonchev–Trinajstić information content (AvgIpc) is 3.47. The Kier molecular flexibility index (Phi) is 5.74. The third-order valence-corrected chi connectivity index (χ3v) is 6.77. The zero-order valence-electron chi connectivity index (χ0n) is 18.0. The second-order valence-corrected chi connectivity index (χ2v) is 8.85. The lowest BCUT2D eigenvalue weighted by Gasteiger charge is -2.18. The SMILES string of the molecule is CCOc1cccc2cc(C(=O)N(Cc3ccccn3)c3nc4c(C)ccc(Cl)c4s3)oc12. The predicted octanol–water partition coefficient (Wildman–Crippen LogP) is 6.65. The number of para-hydroxylation sites is 1. The van der Waals surface area contributed by atoms with Crippen molar-refractivity contribution in [3.63, 3.8) is 0 Å². The quantitative estimate of drug-likeness (QED) is 0.274. The monoisotopic (exact) mass is 477 g/mol. The molecule has 5 aromatic rings. The summed E-state index contributed by atoms with van der Waals surface area (Å²) in [6, 6.07) is 16.7. The van der Waals surface area contributed by atoms with E-state index in [9.17, 15) is 4.79 Å². The zero-order valence-corrected chi connectivity index (χ0v) is 19.6. The summed E-state index contributed by atoms with van der Waals surface area (Å²) in [5.74, 6) is 0.495. The molecule has 0 radical (unpaired) electrons. The number of ether oxygens (including phenoxy) is 1. The number of pyridine rings is 1. The van der Waals surface area contributed by atoms with Crippen molar-refractivity contribution in [1.29, 1.82) is 0 Å². The molecule has 0 unspecified atom stereocenters. The van der Waals surface area contributed by atoms with Crippen LogP contribution in [0.4, 0.5) is 5.13 Å². The van der Waals surface area contributed by atoms with Crippen LogP contribution in [0.25, 0.3) is 21.2 Å². The normalized spacial score (nSPS) is 11.2. The number of halogens is 1. The minimum atomic E-state index is -0.313. The smallest absolute Gasteiger partial charge is 0.296 e. The van der Waals surface area contributed by atoms with Gasteiger partial charge in [-0.15, -0.1) is 0 Å².